The minimum Gasteiger partial charge on any atom is -0.412 e. The molecule has 8 N–H and O–H groups in total. The molecule has 4 atom stereocenters. The zero-order valence-corrected chi connectivity index (χ0v) is 10.7. The van der Waals surface area contributed by atoms with Crippen molar-refractivity contribution in [3.8, 4) is 0 Å². The SMILES string of the molecule is Nc1nc2c(ncn2[C@@H]2O[C@H](CO)C(O)C2O)c(=O)[nH]1.O. The Morgan fingerprint density at radius 2 is 2.14 bits per heavy atom. The van der Waals surface area contributed by atoms with Crippen LogP contribution in [0.4, 0.5) is 5.95 Å². The normalized spacial score (nSPS) is 28.7. The van der Waals surface area contributed by atoms with Crippen molar-refractivity contribution in [2.24, 2.45) is 0 Å². The van der Waals surface area contributed by atoms with Gasteiger partial charge < -0.3 is 31.3 Å². The van der Waals surface area contributed by atoms with Gasteiger partial charge in [0.1, 0.15) is 18.3 Å². The molecule has 0 spiro atoms. The van der Waals surface area contributed by atoms with Crippen LogP contribution in [0.2, 0.25) is 0 Å². The fourth-order valence-electron chi connectivity index (χ4n) is 2.24. The van der Waals surface area contributed by atoms with Crippen molar-refractivity contribution >= 4 is 17.1 Å². The first-order valence-corrected chi connectivity index (χ1v) is 5.87. The number of hydrogen-bond acceptors (Lipinski definition) is 8. The molecule has 0 bridgehead atoms. The molecule has 2 aromatic heterocycles. The molecule has 0 aromatic carbocycles. The zero-order valence-electron chi connectivity index (χ0n) is 10.7. The molecule has 0 radical (unpaired) electrons. The molecule has 11 heteroatoms. The minimum absolute atomic E-state index is 0. The molecule has 1 aliphatic heterocycles. The lowest BCUT2D eigenvalue weighted by Crippen LogP contribution is -2.33. The number of nitrogens with two attached hydrogens (primary N) is 1. The highest BCUT2D eigenvalue weighted by Crippen LogP contribution is 2.30. The van der Waals surface area contributed by atoms with Crippen LogP contribution in [0.1, 0.15) is 6.23 Å². The number of nitrogen functional groups attached to an aromatic ring is 1. The van der Waals surface area contributed by atoms with Gasteiger partial charge >= 0.3 is 0 Å². The van der Waals surface area contributed by atoms with Crippen LogP contribution in [0.5, 0.6) is 0 Å². The number of nitrogens with zero attached hydrogens (tertiary/aromatic N) is 3. The number of fused-ring (bicyclic) bond motifs is 1. The molecule has 3 rings (SSSR count). The van der Waals surface area contributed by atoms with Gasteiger partial charge in [-0.25, -0.2) is 4.98 Å². The van der Waals surface area contributed by atoms with Crippen molar-refractivity contribution in [3.05, 3.63) is 16.7 Å². The van der Waals surface area contributed by atoms with Gasteiger partial charge in [0, 0.05) is 0 Å². The second-order valence-electron chi connectivity index (χ2n) is 4.50. The number of aromatic amines is 1. The Hall–Kier alpha value is -2.05. The van der Waals surface area contributed by atoms with E-state index in [0.29, 0.717) is 0 Å². The summed E-state index contributed by atoms with van der Waals surface area (Å²) in [5, 5.41) is 28.7. The predicted octanol–water partition coefficient (Wildman–Crippen LogP) is -3.51. The van der Waals surface area contributed by atoms with Crippen molar-refractivity contribution in [1.29, 1.82) is 0 Å². The second kappa shape index (κ2) is 5.38. The molecule has 0 amide bonds. The Morgan fingerprint density at radius 3 is 2.76 bits per heavy atom. The van der Waals surface area contributed by atoms with Crippen LogP contribution in [0.3, 0.4) is 0 Å². The third-order valence-electron chi connectivity index (χ3n) is 3.24. The lowest BCUT2D eigenvalue weighted by molar-refractivity contribution is -0.0511. The molecular weight excluding hydrogens is 286 g/mol. The molecular formula is C10H15N5O6. The van der Waals surface area contributed by atoms with Gasteiger partial charge in [-0.2, -0.15) is 4.98 Å². The summed E-state index contributed by atoms with van der Waals surface area (Å²) in [6, 6.07) is 0. The van der Waals surface area contributed by atoms with Crippen LogP contribution in [-0.2, 0) is 4.74 Å². The fourth-order valence-corrected chi connectivity index (χ4v) is 2.24. The topological polar surface area (TPSA) is 191 Å². The van der Waals surface area contributed by atoms with Crippen LogP contribution in [0.15, 0.2) is 11.1 Å². The summed E-state index contributed by atoms with van der Waals surface area (Å²) in [4.78, 5) is 21.8. The van der Waals surface area contributed by atoms with E-state index < -0.39 is 36.7 Å². The molecule has 2 aromatic rings. The Morgan fingerprint density at radius 1 is 1.43 bits per heavy atom. The Balaban J connectivity index is 0.00000161. The van der Waals surface area contributed by atoms with E-state index in [1.165, 1.54) is 10.9 Å². The zero-order chi connectivity index (χ0) is 14.4. The van der Waals surface area contributed by atoms with Crippen LogP contribution in [0.25, 0.3) is 11.2 Å². The van der Waals surface area contributed by atoms with Gasteiger partial charge in [0.15, 0.2) is 17.4 Å². The fraction of sp³-hybridized carbons (Fsp3) is 0.500. The predicted molar refractivity (Wildman–Crippen MR) is 69.2 cm³/mol. The average molecular weight is 301 g/mol. The number of aliphatic hydroxyl groups is 3. The van der Waals surface area contributed by atoms with Crippen LogP contribution >= 0.6 is 0 Å². The monoisotopic (exact) mass is 301 g/mol. The number of aromatic nitrogens is 4. The largest absolute Gasteiger partial charge is 0.412 e. The van der Waals surface area contributed by atoms with Gasteiger partial charge in [0.25, 0.3) is 5.56 Å². The van der Waals surface area contributed by atoms with Gasteiger partial charge in [-0.05, 0) is 0 Å². The summed E-state index contributed by atoms with van der Waals surface area (Å²) < 4.78 is 6.64. The molecule has 1 fully saturated rings. The van der Waals surface area contributed by atoms with Gasteiger partial charge in [0.05, 0.1) is 12.9 Å². The summed E-state index contributed by atoms with van der Waals surface area (Å²) in [5.74, 6) is -0.101. The molecule has 1 saturated heterocycles. The van der Waals surface area contributed by atoms with Crippen molar-refractivity contribution in [3.63, 3.8) is 0 Å². The number of imidazole rings is 1. The number of anilines is 1. The van der Waals surface area contributed by atoms with Crippen molar-refractivity contribution < 1.29 is 25.5 Å². The summed E-state index contributed by atoms with van der Waals surface area (Å²) >= 11 is 0. The van der Waals surface area contributed by atoms with Gasteiger partial charge in [0.2, 0.25) is 5.95 Å². The number of nitrogens with one attached hydrogen (secondary N) is 1. The van der Waals surface area contributed by atoms with E-state index in [1.807, 2.05) is 0 Å². The van der Waals surface area contributed by atoms with Crippen molar-refractivity contribution in [2.75, 3.05) is 12.3 Å². The summed E-state index contributed by atoms with van der Waals surface area (Å²) in [6.45, 7) is -0.447. The number of aliphatic hydroxyl groups excluding tert-OH is 3. The Labute approximate surface area is 116 Å². The third kappa shape index (κ3) is 2.26. The smallest absolute Gasteiger partial charge is 0.280 e. The molecule has 0 aliphatic carbocycles. The molecule has 3 heterocycles. The molecule has 0 saturated carbocycles. The maximum absolute atomic E-state index is 11.7. The highest BCUT2D eigenvalue weighted by Gasteiger charge is 2.44. The van der Waals surface area contributed by atoms with Crippen molar-refractivity contribution in [2.45, 2.75) is 24.5 Å². The standard InChI is InChI=1S/C10H13N5O5.H2O/c11-10-13-7-4(8(19)14-10)12-2-15(7)9-6(18)5(17)3(1-16)20-9;/h2-3,5-6,9,16-18H,1H2,(H3,11,13,14,19);1H2/t3-,5?,6?,9-;/m1./s1. The first kappa shape index (κ1) is 15.3. The maximum Gasteiger partial charge on any atom is 0.280 e. The van der Waals surface area contributed by atoms with E-state index >= 15 is 0 Å². The number of H-pyrrole nitrogens is 1. The van der Waals surface area contributed by atoms with Gasteiger partial charge in [-0.1, -0.05) is 0 Å². The van der Waals surface area contributed by atoms with Gasteiger partial charge in [-0.15, -0.1) is 0 Å². The lowest BCUT2D eigenvalue weighted by Gasteiger charge is -2.16. The van der Waals surface area contributed by atoms with Crippen molar-refractivity contribution in [1.82, 2.24) is 19.5 Å². The summed E-state index contributed by atoms with van der Waals surface area (Å²) in [5.41, 5.74) is 5.12. The van der Waals surface area contributed by atoms with E-state index in [0.717, 1.165) is 0 Å². The minimum atomic E-state index is -1.29. The van der Waals surface area contributed by atoms with E-state index in [4.69, 9.17) is 15.6 Å². The van der Waals surface area contributed by atoms with Crippen LogP contribution in [0, 0.1) is 0 Å². The maximum atomic E-state index is 11.7. The number of hydrogen-bond donors (Lipinski definition) is 5. The highest BCUT2D eigenvalue weighted by atomic mass is 16.6. The number of ether oxygens (including phenoxy) is 1. The Kier molecular flexibility index (Phi) is 3.93. The molecule has 21 heavy (non-hydrogen) atoms. The second-order valence-corrected chi connectivity index (χ2v) is 4.50. The molecule has 2 unspecified atom stereocenters. The third-order valence-corrected chi connectivity index (χ3v) is 3.24. The van der Waals surface area contributed by atoms with E-state index in [9.17, 15) is 15.0 Å². The Bertz CT molecular complexity index is 699. The summed E-state index contributed by atoms with van der Waals surface area (Å²) in [7, 11) is 0. The van der Waals surface area contributed by atoms with E-state index in [2.05, 4.69) is 15.0 Å². The first-order valence-electron chi connectivity index (χ1n) is 5.87. The summed E-state index contributed by atoms with van der Waals surface area (Å²) in [6.07, 6.45) is -3.21. The highest BCUT2D eigenvalue weighted by molar-refractivity contribution is 5.70. The van der Waals surface area contributed by atoms with Crippen LogP contribution in [-0.4, -0.2) is 65.2 Å². The quantitative estimate of drug-likeness (QED) is 0.377. The molecule has 116 valence electrons. The van der Waals surface area contributed by atoms with E-state index in [1.54, 1.807) is 0 Å². The number of rotatable bonds is 2. The van der Waals surface area contributed by atoms with Crippen LogP contribution < -0.4 is 11.3 Å². The molecule has 1 aliphatic rings. The average Bonchev–Trinajstić information content (AvgIpc) is 2.93. The van der Waals surface area contributed by atoms with Gasteiger partial charge in [-0.3, -0.25) is 14.3 Å². The molecule has 11 nitrogen and oxygen atoms in total. The first-order chi connectivity index (χ1) is 9.52. The lowest BCUT2D eigenvalue weighted by atomic mass is 10.1. The van der Waals surface area contributed by atoms with E-state index in [-0.39, 0.29) is 22.6 Å².